The molecule has 5 nitrogen and oxygen atoms in total. The van der Waals surface area contributed by atoms with Crippen LogP contribution in [0.1, 0.15) is 38.5 Å². The van der Waals surface area contributed by atoms with Gasteiger partial charge in [0.05, 0.1) is 24.6 Å². The predicted octanol–water partition coefficient (Wildman–Crippen LogP) is 3.33. The molecule has 1 saturated heterocycles. The first-order chi connectivity index (χ1) is 12.8. The zero-order chi connectivity index (χ0) is 18.0. The number of hydrogen-bond acceptors (Lipinski definition) is 4. The number of benzene rings is 1. The molecule has 0 radical (unpaired) electrons. The van der Waals surface area contributed by atoms with Gasteiger partial charge in [-0.25, -0.2) is 0 Å². The third-order valence-electron chi connectivity index (χ3n) is 5.08. The van der Waals surface area contributed by atoms with Crippen LogP contribution >= 0.6 is 0 Å². The van der Waals surface area contributed by atoms with E-state index in [9.17, 15) is 4.79 Å². The van der Waals surface area contributed by atoms with Gasteiger partial charge >= 0.3 is 0 Å². The highest BCUT2D eigenvalue weighted by atomic mass is 16.5. The first-order valence-corrected chi connectivity index (χ1v) is 9.93. The van der Waals surface area contributed by atoms with Gasteiger partial charge in [0.15, 0.2) is 0 Å². The molecule has 1 aromatic carbocycles. The third kappa shape index (κ3) is 5.77. The summed E-state index contributed by atoms with van der Waals surface area (Å²) in [6.07, 6.45) is 8.86. The quantitative estimate of drug-likeness (QED) is 0.701. The van der Waals surface area contributed by atoms with Gasteiger partial charge in [0.1, 0.15) is 0 Å². The maximum Gasteiger partial charge on any atom is 0.221 e. The Hall–Kier alpha value is -2.01. The van der Waals surface area contributed by atoms with E-state index >= 15 is 0 Å². The van der Waals surface area contributed by atoms with E-state index in [1.54, 1.807) is 0 Å². The van der Waals surface area contributed by atoms with Crippen LogP contribution in [-0.4, -0.2) is 45.3 Å². The molecule has 1 aliphatic carbocycles. The van der Waals surface area contributed by atoms with Gasteiger partial charge in [0, 0.05) is 32.6 Å². The minimum atomic E-state index is 0.123. The summed E-state index contributed by atoms with van der Waals surface area (Å²) in [5, 5.41) is 6.47. The number of carbonyl (C=O) groups is 1. The first kappa shape index (κ1) is 18.8. The Morgan fingerprint density at radius 3 is 2.77 bits per heavy atom. The average Bonchev–Trinajstić information content (AvgIpc) is 2.70. The van der Waals surface area contributed by atoms with Crippen molar-refractivity contribution >= 4 is 17.3 Å². The van der Waals surface area contributed by atoms with Crippen LogP contribution in [0, 0.1) is 0 Å². The molecule has 0 bridgehead atoms. The Morgan fingerprint density at radius 2 is 1.96 bits per heavy atom. The van der Waals surface area contributed by atoms with Crippen LogP contribution in [-0.2, 0) is 9.53 Å². The van der Waals surface area contributed by atoms with Gasteiger partial charge in [-0.2, -0.15) is 0 Å². The van der Waals surface area contributed by atoms with Crippen LogP contribution in [0.2, 0.25) is 0 Å². The van der Waals surface area contributed by atoms with E-state index in [1.807, 2.05) is 6.07 Å². The number of anilines is 2. The Morgan fingerprint density at radius 1 is 1.12 bits per heavy atom. The van der Waals surface area contributed by atoms with Gasteiger partial charge in [-0.15, -0.1) is 0 Å². The van der Waals surface area contributed by atoms with E-state index in [4.69, 9.17) is 4.74 Å². The van der Waals surface area contributed by atoms with Crippen molar-refractivity contribution in [2.45, 2.75) is 38.5 Å². The van der Waals surface area contributed by atoms with Gasteiger partial charge in [0.2, 0.25) is 5.91 Å². The third-order valence-corrected chi connectivity index (χ3v) is 5.08. The Balaban J connectivity index is 1.39. The lowest BCUT2D eigenvalue weighted by Crippen LogP contribution is -2.36. The standard InChI is InChI=1S/C21H31N3O2/c25-21(23-12-10-18-6-2-1-3-7-18)11-13-22-19-8-4-5-9-20(19)24-14-16-26-17-15-24/h4-6,8-9,22H,1-3,7,10-17H2,(H,23,25). The molecule has 0 saturated carbocycles. The van der Waals surface area contributed by atoms with Crippen molar-refractivity contribution in [3.63, 3.8) is 0 Å². The van der Waals surface area contributed by atoms with Crippen LogP contribution < -0.4 is 15.5 Å². The predicted molar refractivity (Wildman–Crippen MR) is 107 cm³/mol. The van der Waals surface area contributed by atoms with Crippen molar-refractivity contribution in [1.29, 1.82) is 0 Å². The SMILES string of the molecule is O=C(CCNc1ccccc1N1CCOCC1)NCCC1=CCCCC1. The van der Waals surface area contributed by atoms with Gasteiger partial charge < -0.3 is 20.3 Å². The molecule has 0 aromatic heterocycles. The van der Waals surface area contributed by atoms with Crippen molar-refractivity contribution in [2.24, 2.45) is 0 Å². The molecular formula is C21H31N3O2. The molecular weight excluding hydrogens is 326 g/mol. The zero-order valence-electron chi connectivity index (χ0n) is 15.6. The van der Waals surface area contributed by atoms with Crippen molar-refractivity contribution in [2.75, 3.05) is 49.6 Å². The average molecular weight is 357 g/mol. The monoisotopic (exact) mass is 357 g/mol. The fourth-order valence-electron chi connectivity index (χ4n) is 3.60. The van der Waals surface area contributed by atoms with Crippen molar-refractivity contribution in [3.05, 3.63) is 35.9 Å². The van der Waals surface area contributed by atoms with E-state index in [-0.39, 0.29) is 5.91 Å². The molecule has 1 heterocycles. The number of morpholine rings is 1. The largest absolute Gasteiger partial charge is 0.383 e. The molecule has 1 aromatic rings. The Kier molecular flexibility index (Phi) is 7.37. The maximum absolute atomic E-state index is 12.1. The summed E-state index contributed by atoms with van der Waals surface area (Å²) in [5.74, 6) is 0.123. The molecule has 1 fully saturated rings. The Labute approximate surface area is 156 Å². The fraction of sp³-hybridized carbons (Fsp3) is 0.571. The minimum Gasteiger partial charge on any atom is -0.383 e. The van der Waals surface area contributed by atoms with E-state index in [1.165, 1.54) is 36.9 Å². The van der Waals surface area contributed by atoms with Crippen LogP contribution in [0.4, 0.5) is 11.4 Å². The summed E-state index contributed by atoms with van der Waals surface area (Å²) in [5.41, 5.74) is 3.80. The number of amides is 1. The highest BCUT2D eigenvalue weighted by molar-refractivity contribution is 5.77. The lowest BCUT2D eigenvalue weighted by Gasteiger charge is -2.30. The van der Waals surface area contributed by atoms with Crippen molar-refractivity contribution in [3.8, 4) is 0 Å². The zero-order valence-corrected chi connectivity index (χ0v) is 15.6. The number of allylic oxidation sites excluding steroid dienone is 1. The second kappa shape index (κ2) is 10.2. The summed E-state index contributed by atoms with van der Waals surface area (Å²) in [6.45, 7) is 4.77. The molecule has 2 aliphatic rings. The lowest BCUT2D eigenvalue weighted by atomic mass is 9.97. The van der Waals surface area contributed by atoms with E-state index in [2.05, 4.69) is 39.8 Å². The molecule has 0 unspecified atom stereocenters. The molecule has 0 spiro atoms. The smallest absolute Gasteiger partial charge is 0.221 e. The van der Waals surface area contributed by atoms with E-state index in [0.717, 1.165) is 45.0 Å². The number of nitrogens with zero attached hydrogens (tertiary/aromatic N) is 1. The normalized spacial score (nSPS) is 17.5. The molecule has 1 amide bonds. The number of nitrogens with one attached hydrogen (secondary N) is 2. The van der Waals surface area contributed by atoms with E-state index in [0.29, 0.717) is 13.0 Å². The fourth-order valence-corrected chi connectivity index (χ4v) is 3.60. The van der Waals surface area contributed by atoms with Crippen LogP contribution in [0.3, 0.4) is 0 Å². The molecule has 142 valence electrons. The second-order valence-electron chi connectivity index (χ2n) is 7.00. The topological polar surface area (TPSA) is 53.6 Å². The number of ether oxygens (including phenoxy) is 1. The maximum atomic E-state index is 12.1. The first-order valence-electron chi connectivity index (χ1n) is 9.93. The van der Waals surface area contributed by atoms with Gasteiger partial charge in [-0.3, -0.25) is 4.79 Å². The number of hydrogen-bond donors (Lipinski definition) is 2. The molecule has 5 heteroatoms. The van der Waals surface area contributed by atoms with Crippen molar-refractivity contribution < 1.29 is 9.53 Å². The van der Waals surface area contributed by atoms with Crippen molar-refractivity contribution in [1.82, 2.24) is 5.32 Å². The molecule has 3 rings (SSSR count). The molecule has 1 aliphatic heterocycles. The van der Waals surface area contributed by atoms with Gasteiger partial charge in [-0.1, -0.05) is 23.8 Å². The Bertz CT molecular complexity index is 609. The van der Waals surface area contributed by atoms with Crippen LogP contribution in [0.25, 0.3) is 0 Å². The van der Waals surface area contributed by atoms with Crippen LogP contribution in [0.5, 0.6) is 0 Å². The number of carbonyl (C=O) groups excluding carboxylic acids is 1. The number of rotatable bonds is 8. The summed E-state index contributed by atoms with van der Waals surface area (Å²) >= 11 is 0. The molecule has 0 atom stereocenters. The molecule has 26 heavy (non-hydrogen) atoms. The number of para-hydroxylation sites is 2. The highest BCUT2D eigenvalue weighted by Gasteiger charge is 2.14. The minimum absolute atomic E-state index is 0.123. The highest BCUT2D eigenvalue weighted by Crippen LogP contribution is 2.26. The second-order valence-corrected chi connectivity index (χ2v) is 7.00. The van der Waals surface area contributed by atoms with Crippen LogP contribution in [0.15, 0.2) is 35.9 Å². The van der Waals surface area contributed by atoms with Gasteiger partial charge in [0.25, 0.3) is 0 Å². The summed E-state index contributed by atoms with van der Waals surface area (Å²) < 4.78 is 5.44. The van der Waals surface area contributed by atoms with E-state index < -0.39 is 0 Å². The lowest BCUT2D eigenvalue weighted by molar-refractivity contribution is -0.120. The summed E-state index contributed by atoms with van der Waals surface area (Å²) in [6, 6.07) is 8.30. The summed E-state index contributed by atoms with van der Waals surface area (Å²) in [4.78, 5) is 14.4. The summed E-state index contributed by atoms with van der Waals surface area (Å²) in [7, 11) is 0. The van der Waals surface area contributed by atoms with Gasteiger partial charge in [-0.05, 0) is 44.2 Å². The molecule has 2 N–H and O–H groups in total.